The van der Waals surface area contributed by atoms with E-state index >= 15 is 0 Å². The smallest absolute Gasteiger partial charge is 0.264 e. The standard InChI is InChI=1S/C27H30ClN3O3S/c1-21-5-4-6-25(17-21)31(35(33,34)26-13-11-24(28)12-14-26)20-27(32)29-18-22-7-9-23(10-8-22)19-30-15-2-3-16-30/h4-14,17H,2-3,15-16,18-20H2,1H3,(H,29,32). The molecule has 0 saturated carbocycles. The Kier molecular flexibility index (Phi) is 8.11. The number of nitrogens with one attached hydrogen (secondary N) is 1. The lowest BCUT2D eigenvalue weighted by Gasteiger charge is -2.24. The van der Waals surface area contributed by atoms with Crippen LogP contribution in [0.1, 0.15) is 29.5 Å². The number of hydrogen-bond donors (Lipinski definition) is 1. The number of rotatable bonds is 9. The van der Waals surface area contributed by atoms with E-state index < -0.39 is 10.0 Å². The number of halogens is 1. The molecule has 0 radical (unpaired) electrons. The zero-order valence-corrected chi connectivity index (χ0v) is 21.4. The number of carbonyl (C=O) groups excluding carboxylic acids is 1. The third-order valence-electron chi connectivity index (χ3n) is 6.10. The van der Waals surface area contributed by atoms with Crippen molar-refractivity contribution in [1.29, 1.82) is 0 Å². The first-order valence-corrected chi connectivity index (χ1v) is 13.5. The van der Waals surface area contributed by atoms with Crippen LogP contribution in [0, 0.1) is 6.92 Å². The van der Waals surface area contributed by atoms with Crippen molar-refractivity contribution in [3.63, 3.8) is 0 Å². The Hall–Kier alpha value is -2.87. The van der Waals surface area contributed by atoms with E-state index in [-0.39, 0.29) is 17.3 Å². The van der Waals surface area contributed by atoms with Gasteiger partial charge < -0.3 is 5.32 Å². The fourth-order valence-corrected chi connectivity index (χ4v) is 5.72. The van der Waals surface area contributed by atoms with Crippen LogP contribution in [0.4, 0.5) is 5.69 Å². The van der Waals surface area contributed by atoms with Crippen LogP contribution in [0.25, 0.3) is 0 Å². The third-order valence-corrected chi connectivity index (χ3v) is 8.14. The number of aryl methyl sites for hydroxylation is 1. The molecular formula is C27H30ClN3O3S. The van der Waals surface area contributed by atoms with Crippen LogP contribution in [-0.4, -0.2) is 38.9 Å². The van der Waals surface area contributed by atoms with Crippen molar-refractivity contribution in [2.75, 3.05) is 23.9 Å². The molecule has 8 heteroatoms. The summed E-state index contributed by atoms with van der Waals surface area (Å²) in [5.41, 5.74) is 3.54. The van der Waals surface area contributed by atoms with Gasteiger partial charge in [-0.05, 0) is 85.9 Å². The number of benzene rings is 3. The lowest BCUT2D eigenvalue weighted by molar-refractivity contribution is -0.119. The Morgan fingerprint density at radius 2 is 1.63 bits per heavy atom. The van der Waals surface area contributed by atoms with Crippen LogP contribution < -0.4 is 9.62 Å². The average Bonchev–Trinajstić information content (AvgIpc) is 3.35. The summed E-state index contributed by atoms with van der Waals surface area (Å²) in [6.07, 6.45) is 2.52. The third kappa shape index (κ3) is 6.63. The largest absolute Gasteiger partial charge is 0.350 e. The maximum atomic E-state index is 13.4. The topological polar surface area (TPSA) is 69.7 Å². The highest BCUT2D eigenvalue weighted by Gasteiger charge is 2.27. The molecular weight excluding hydrogens is 482 g/mol. The molecule has 1 aliphatic heterocycles. The molecule has 0 spiro atoms. The molecule has 1 aliphatic rings. The number of anilines is 1. The van der Waals surface area contributed by atoms with Crippen LogP contribution >= 0.6 is 11.6 Å². The van der Waals surface area contributed by atoms with Gasteiger partial charge in [0.1, 0.15) is 6.54 Å². The Bertz CT molecular complexity index is 1260. The normalized spacial score (nSPS) is 14.1. The molecule has 1 N–H and O–H groups in total. The zero-order chi connectivity index (χ0) is 24.8. The number of amides is 1. The molecule has 3 aromatic rings. The molecule has 35 heavy (non-hydrogen) atoms. The second-order valence-corrected chi connectivity index (χ2v) is 11.2. The first kappa shape index (κ1) is 25.2. The van der Waals surface area contributed by atoms with Crippen LogP contribution in [0.3, 0.4) is 0 Å². The Balaban J connectivity index is 1.45. The van der Waals surface area contributed by atoms with E-state index in [2.05, 4.69) is 22.3 Å². The highest BCUT2D eigenvalue weighted by atomic mass is 35.5. The van der Waals surface area contributed by atoms with Gasteiger partial charge in [-0.15, -0.1) is 0 Å². The molecule has 6 nitrogen and oxygen atoms in total. The molecule has 1 fully saturated rings. The molecule has 184 valence electrons. The van der Waals surface area contributed by atoms with E-state index in [1.807, 2.05) is 25.1 Å². The minimum absolute atomic E-state index is 0.0739. The molecule has 0 aliphatic carbocycles. The molecule has 3 aromatic carbocycles. The van der Waals surface area contributed by atoms with Crippen molar-refractivity contribution < 1.29 is 13.2 Å². The van der Waals surface area contributed by atoms with Crippen LogP contribution in [0.5, 0.6) is 0 Å². The van der Waals surface area contributed by atoms with Crippen molar-refractivity contribution in [1.82, 2.24) is 10.2 Å². The summed E-state index contributed by atoms with van der Waals surface area (Å²) in [4.78, 5) is 15.4. The van der Waals surface area contributed by atoms with Crippen molar-refractivity contribution in [2.24, 2.45) is 0 Å². The molecule has 0 unspecified atom stereocenters. The van der Waals surface area contributed by atoms with E-state index in [0.29, 0.717) is 17.3 Å². The van der Waals surface area contributed by atoms with Gasteiger partial charge in [-0.25, -0.2) is 8.42 Å². The van der Waals surface area contributed by atoms with Gasteiger partial charge in [0.05, 0.1) is 10.6 Å². The molecule has 4 rings (SSSR count). The van der Waals surface area contributed by atoms with Crippen molar-refractivity contribution in [3.05, 3.63) is 94.5 Å². The highest BCUT2D eigenvalue weighted by Crippen LogP contribution is 2.25. The minimum atomic E-state index is -3.97. The van der Waals surface area contributed by atoms with Gasteiger partial charge in [0.25, 0.3) is 10.0 Å². The molecule has 0 aromatic heterocycles. The summed E-state index contributed by atoms with van der Waals surface area (Å²) >= 11 is 5.94. The van der Waals surface area contributed by atoms with Gasteiger partial charge >= 0.3 is 0 Å². The second-order valence-electron chi connectivity index (χ2n) is 8.88. The summed E-state index contributed by atoms with van der Waals surface area (Å²) in [6, 6.07) is 21.2. The lowest BCUT2D eigenvalue weighted by atomic mass is 10.1. The van der Waals surface area contributed by atoms with Gasteiger partial charge in [-0.1, -0.05) is 48.0 Å². The summed E-state index contributed by atoms with van der Waals surface area (Å²) in [7, 11) is -3.97. The number of hydrogen-bond acceptors (Lipinski definition) is 4. The molecule has 1 heterocycles. The maximum absolute atomic E-state index is 13.4. The summed E-state index contributed by atoms with van der Waals surface area (Å²) < 4.78 is 28.0. The van der Waals surface area contributed by atoms with Crippen LogP contribution in [0.2, 0.25) is 5.02 Å². The minimum Gasteiger partial charge on any atom is -0.350 e. The first-order chi connectivity index (χ1) is 16.8. The quantitative estimate of drug-likeness (QED) is 0.450. The number of sulfonamides is 1. The van der Waals surface area contributed by atoms with Crippen LogP contribution in [0.15, 0.2) is 77.7 Å². The summed E-state index contributed by atoms with van der Waals surface area (Å²) in [6.45, 7) is 5.11. The first-order valence-electron chi connectivity index (χ1n) is 11.7. The second kappa shape index (κ2) is 11.2. The summed E-state index contributed by atoms with van der Waals surface area (Å²) in [5, 5.41) is 3.30. The Morgan fingerprint density at radius 3 is 2.29 bits per heavy atom. The molecule has 0 bridgehead atoms. The van der Waals surface area contributed by atoms with Crippen molar-refractivity contribution >= 4 is 33.2 Å². The van der Waals surface area contributed by atoms with E-state index in [4.69, 9.17) is 11.6 Å². The molecule has 1 amide bonds. The van der Waals surface area contributed by atoms with E-state index in [1.165, 1.54) is 42.7 Å². The monoisotopic (exact) mass is 511 g/mol. The van der Waals surface area contributed by atoms with E-state index in [1.54, 1.807) is 18.2 Å². The van der Waals surface area contributed by atoms with Gasteiger partial charge in [0.2, 0.25) is 5.91 Å². The number of likely N-dealkylation sites (tertiary alicyclic amines) is 1. The SMILES string of the molecule is Cc1cccc(N(CC(=O)NCc2ccc(CN3CCCC3)cc2)S(=O)(=O)c2ccc(Cl)cc2)c1. The van der Waals surface area contributed by atoms with Gasteiger partial charge in [-0.3, -0.25) is 14.0 Å². The highest BCUT2D eigenvalue weighted by molar-refractivity contribution is 7.92. The average molecular weight is 512 g/mol. The Morgan fingerprint density at radius 1 is 0.971 bits per heavy atom. The lowest BCUT2D eigenvalue weighted by Crippen LogP contribution is -2.40. The number of nitrogens with zero attached hydrogens (tertiary/aromatic N) is 2. The van der Waals surface area contributed by atoms with E-state index in [9.17, 15) is 13.2 Å². The van der Waals surface area contributed by atoms with Gasteiger partial charge in [-0.2, -0.15) is 0 Å². The van der Waals surface area contributed by atoms with Crippen LogP contribution in [-0.2, 0) is 27.9 Å². The molecule has 0 atom stereocenters. The van der Waals surface area contributed by atoms with Gasteiger partial charge in [0.15, 0.2) is 0 Å². The zero-order valence-electron chi connectivity index (χ0n) is 19.8. The van der Waals surface area contributed by atoms with Crippen molar-refractivity contribution in [3.8, 4) is 0 Å². The fraction of sp³-hybridized carbons (Fsp3) is 0.296. The van der Waals surface area contributed by atoms with E-state index in [0.717, 1.165) is 35.1 Å². The summed E-state index contributed by atoms with van der Waals surface area (Å²) in [5.74, 6) is -0.384. The predicted octanol–water partition coefficient (Wildman–Crippen LogP) is 4.76. The Labute approximate surface area is 212 Å². The fourth-order valence-electron chi connectivity index (χ4n) is 4.18. The van der Waals surface area contributed by atoms with Gasteiger partial charge in [0, 0.05) is 18.1 Å². The van der Waals surface area contributed by atoms with Crippen molar-refractivity contribution in [2.45, 2.75) is 37.8 Å². The molecule has 1 saturated heterocycles. The predicted molar refractivity (Wildman–Crippen MR) is 140 cm³/mol. The number of carbonyl (C=O) groups is 1. The maximum Gasteiger partial charge on any atom is 0.264 e.